The van der Waals surface area contributed by atoms with Crippen molar-refractivity contribution >= 4 is 58.8 Å². The number of nitrogens with one attached hydrogen (secondary N) is 2. The first-order valence-electron chi connectivity index (χ1n) is 8.33. The lowest BCUT2D eigenvalue weighted by molar-refractivity contribution is 0.0963. The van der Waals surface area contributed by atoms with E-state index in [4.69, 9.17) is 16.6 Å². The van der Waals surface area contributed by atoms with Gasteiger partial charge in [-0.1, -0.05) is 30.3 Å². The molecule has 0 aliphatic carbocycles. The number of anilines is 2. The monoisotopic (exact) mass is 378 g/mol. The van der Waals surface area contributed by atoms with Crippen LogP contribution in [0.1, 0.15) is 10.4 Å². The third-order valence-electron chi connectivity index (χ3n) is 4.10. The van der Waals surface area contributed by atoms with Gasteiger partial charge in [0.15, 0.2) is 0 Å². The quantitative estimate of drug-likeness (QED) is 0.686. The molecule has 0 saturated carbocycles. The topological polar surface area (TPSA) is 66.4 Å². The van der Waals surface area contributed by atoms with Crippen LogP contribution in [0.2, 0.25) is 5.02 Å². The molecule has 1 amide bonds. The summed E-state index contributed by atoms with van der Waals surface area (Å²) in [6, 6.07) is 12.8. The number of hydrogen-bond donors (Lipinski definition) is 2. The number of fused-ring (bicyclic) bond motifs is 1. The van der Waals surface area contributed by atoms with Crippen LogP contribution in [0.4, 0.5) is 11.5 Å². The van der Waals surface area contributed by atoms with Crippen molar-refractivity contribution in [2.75, 3.05) is 19.4 Å². The van der Waals surface area contributed by atoms with Crippen LogP contribution in [0.5, 0.6) is 0 Å². The summed E-state index contributed by atoms with van der Waals surface area (Å²) in [5.41, 5.74) is 2.02. The van der Waals surface area contributed by atoms with Gasteiger partial charge in [-0.3, -0.25) is 9.79 Å². The van der Waals surface area contributed by atoms with E-state index in [1.54, 1.807) is 38.5 Å². The molecule has 27 heavy (non-hydrogen) atoms. The highest BCUT2D eigenvalue weighted by molar-refractivity contribution is 6.30. The van der Waals surface area contributed by atoms with Crippen molar-refractivity contribution in [1.82, 2.24) is 10.3 Å². The van der Waals surface area contributed by atoms with E-state index in [1.165, 1.54) is 0 Å². The van der Waals surface area contributed by atoms with Gasteiger partial charge in [0, 0.05) is 47.2 Å². The fourth-order valence-corrected chi connectivity index (χ4v) is 2.95. The Balaban J connectivity index is 2.24. The molecule has 0 saturated heterocycles. The predicted octanol–water partition coefficient (Wildman–Crippen LogP) is 2.88. The zero-order valence-corrected chi connectivity index (χ0v) is 15.8. The molecule has 3 aromatic rings. The minimum Gasteiger partial charge on any atom is -0.355 e. The first-order chi connectivity index (χ1) is 13.0. The SMILES string of the molecule is C=c1/c(=C\C=NC)c(Nc2cccc(Cl)c2)nc2cc(C(=O)NC)ccc12. The first kappa shape index (κ1) is 18.6. The highest BCUT2D eigenvalue weighted by Gasteiger charge is 2.09. The average molecular weight is 379 g/mol. The number of amides is 1. The zero-order chi connectivity index (χ0) is 19.4. The van der Waals surface area contributed by atoms with Gasteiger partial charge in [-0.15, -0.1) is 0 Å². The average Bonchev–Trinajstić information content (AvgIpc) is 2.66. The third kappa shape index (κ3) is 3.99. The minimum absolute atomic E-state index is 0.164. The van der Waals surface area contributed by atoms with Crippen LogP contribution < -0.4 is 21.1 Å². The summed E-state index contributed by atoms with van der Waals surface area (Å²) in [5, 5.41) is 9.03. The molecule has 0 bridgehead atoms. The minimum atomic E-state index is -0.164. The number of aromatic nitrogens is 1. The summed E-state index contributed by atoms with van der Waals surface area (Å²) in [4.78, 5) is 20.7. The van der Waals surface area contributed by atoms with Gasteiger partial charge in [0.2, 0.25) is 0 Å². The number of hydrogen-bond acceptors (Lipinski definition) is 4. The zero-order valence-electron chi connectivity index (χ0n) is 15.1. The molecule has 2 aromatic carbocycles. The Hall–Kier alpha value is -3.18. The molecule has 136 valence electrons. The van der Waals surface area contributed by atoms with Crippen molar-refractivity contribution in [2.45, 2.75) is 0 Å². The van der Waals surface area contributed by atoms with Gasteiger partial charge >= 0.3 is 0 Å². The Labute approximate surface area is 162 Å². The number of aliphatic imine (C=N–C) groups is 1. The van der Waals surface area contributed by atoms with Crippen molar-refractivity contribution in [3.63, 3.8) is 0 Å². The van der Waals surface area contributed by atoms with E-state index < -0.39 is 0 Å². The normalized spacial score (nSPS) is 11.9. The Kier molecular flexibility index (Phi) is 5.52. The highest BCUT2D eigenvalue weighted by atomic mass is 35.5. The maximum absolute atomic E-state index is 12.0. The molecule has 0 radical (unpaired) electrons. The Morgan fingerprint density at radius 2 is 2.07 bits per heavy atom. The highest BCUT2D eigenvalue weighted by Crippen LogP contribution is 2.18. The van der Waals surface area contributed by atoms with Crippen LogP contribution in [0.15, 0.2) is 47.5 Å². The molecule has 6 heteroatoms. The second-order valence-electron chi connectivity index (χ2n) is 5.87. The molecule has 1 heterocycles. The van der Waals surface area contributed by atoms with Crippen LogP contribution in [-0.4, -0.2) is 31.2 Å². The van der Waals surface area contributed by atoms with Crippen molar-refractivity contribution in [2.24, 2.45) is 4.99 Å². The molecule has 3 rings (SSSR count). The molecular weight excluding hydrogens is 360 g/mol. The molecule has 0 spiro atoms. The summed E-state index contributed by atoms with van der Waals surface area (Å²) >= 11 is 6.09. The molecule has 5 nitrogen and oxygen atoms in total. The Bertz CT molecular complexity index is 1150. The van der Waals surface area contributed by atoms with E-state index in [-0.39, 0.29) is 5.91 Å². The lowest BCUT2D eigenvalue weighted by Gasteiger charge is -2.10. The third-order valence-corrected chi connectivity index (χ3v) is 4.34. The van der Waals surface area contributed by atoms with Gasteiger partial charge in [-0.2, -0.15) is 0 Å². The summed E-state index contributed by atoms with van der Waals surface area (Å²) in [6.45, 7) is 4.22. The summed E-state index contributed by atoms with van der Waals surface area (Å²) in [6.07, 6.45) is 3.55. The van der Waals surface area contributed by atoms with E-state index >= 15 is 0 Å². The lowest BCUT2D eigenvalue weighted by Crippen LogP contribution is -2.29. The van der Waals surface area contributed by atoms with Crippen molar-refractivity contribution in [3.8, 4) is 0 Å². The Morgan fingerprint density at radius 1 is 1.26 bits per heavy atom. The molecule has 0 aliphatic heterocycles. The number of nitrogens with zero attached hydrogens (tertiary/aromatic N) is 2. The van der Waals surface area contributed by atoms with E-state index in [0.717, 1.165) is 21.5 Å². The van der Waals surface area contributed by atoms with Crippen LogP contribution in [0, 0.1) is 0 Å². The van der Waals surface area contributed by atoms with Crippen LogP contribution in [0.3, 0.4) is 0 Å². The summed E-state index contributed by atoms with van der Waals surface area (Å²) < 4.78 is 0. The number of benzene rings is 2. The van der Waals surface area contributed by atoms with Crippen LogP contribution in [-0.2, 0) is 0 Å². The lowest BCUT2D eigenvalue weighted by atomic mass is 10.1. The van der Waals surface area contributed by atoms with Crippen molar-refractivity contribution in [3.05, 3.63) is 63.5 Å². The first-order valence-corrected chi connectivity index (χ1v) is 8.71. The number of halogens is 1. The molecule has 1 aromatic heterocycles. The van der Waals surface area contributed by atoms with Gasteiger partial charge in [-0.05, 0) is 41.6 Å². The standard InChI is InChI=1S/C21H19ClN4O/c1-13-17-8-7-14(21(27)24-3)11-19(17)26-20(18(13)9-10-23-2)25-16-6-4-5-15(22)12-16/h4-12H,1H2,2-3H3,(H,24,27)(H,25,26)/b18-9+,23-10?. The fourth-order valence-electron chi connectivity index (χ4n) is 2.76. The summed E-state index contributed by atoms with van der Waals surface area (Å²) in [7, 11) is 3.30. The molecule has 0 aliphatic rings. The van der Waals surface area contributed by atoms with Crippen molar-refractivity contribution < 1.29 is 4.79 Å². The number of carbonyl (C=O) groups is 1. The van der Waals surface area contributed by atoms with E-state index in [0.29, 0.717) is 21.9 Å². The van der Waals surface area contributed by atoms with Gasteiger partial charge in [0.05, 0.1) is 5.52 Å². The number of pyridine rings is 1. The van der Waals surface area contributed by atoms with Gasteiger partial charge in [0.1, 0.15) is 5.82 Å². The van der Waals surface area contributed by atoms with Gasteiger partial charge in [0.25, 0.3) is 5.91 Å². The molecule has 0 fully saturated rings. The second kappa shape index (κ2) is 8.01. The van der Waals surface area contributed by atoms with E-state index in [2.05, 4.69) is 22.2 Å². The number of carbonyl (C=O) groups excluding carboxylic acids is 1. The molecule has 0 atom stereocenters. The van der Waals surface area contributed by atoms with Crippen LogP contribution >= 0.6 is 11.6 Å². The molecular formula is C21H19ClN4O. The maximum atomic E-state index is 12.0. The molecule has 0 unspecified atom stereocenters. The predicted molar refractivity (Wildman–Crippen MR) is 114 cm³/mol. The largest absolute Gasteiger partial charge is 0.355 e. The second-order valence-corrected chi connectivity index (χ2v) is 6.31. The van der Waals surface area contributed by atoms with Crippen molar-refractivity contribution in [1.29, 1.82) is 0 Å². The maximum Gasteiger partial charge on any atom is 0.251 e. The smallest absolute Gasteiger partial charge is 0.251 e. The van der Waals surface area contributed by atoms with Gasteiger partial charge in [-0.25, -0.2) is 4.98 Å². The summed E-state index contributed by atoms with van der Waals surface area (Å²) in [5.74, 6) is 0.450. The number of rotatable bonds is 4. The van der Waals surface area contributed by atoms with Gasteiger partial charge < -0.3 is 10.6 Å². The molecule has 2 N–H and O–H groups in total. The van der Waals surface area contributed by atoms with Crippen LogP contribution in [0.25, 0.3) is 23.6 Å². The van der Waals surface area contributed by atoms with E-state index in [1.807, 2.05) is 30.3 Å². The fraction of sp³-hybridized carbons (Fsp3) is 0.0952. The Morgan fingerprint density at radius 3 is 2.78 bits per heavy atom. The van der Waals surface area contributed by atoms with E-state index in [9.17, 15) is 4.79 Å².